The largest absolute Gasteiger partial charge is 0.463 e. The molecule has 0 N–H and O–H groups in total. The van der Waals surface area contributed by atoms with Crippen molar-refractivity contribution in [2.45, 2.75) is 0 Å². The van der Waals surface area contributed by atoms with Gasteiger partial charge in [-0.3, -0.25) is 4.79 Å². The minimum absolute atomic E-state index is 0.127. The molecule has 0 atom stereocenters. The van der Waals surface area contributed by atoms with Crippen molar-refractivity contribution < 1.29 is 13.9 Å². The number of ether oxygens (including phenoxy) is 1. The lowest BCUT2D eigenvalue weighted by Gasteiger charge is -2.05. The fourth-order valence-corrected chi connectivity index (χ4v) is 3.29. The van der Waals surface area contributed by atoms with Crippen molar-refractivity contribution in [3.63, 3.8) is 0 Å². The molecule has 0 saturated carbocycles. The van der Waals surface area contributed by atoms with Gasteiger partial charge in [0.25, 0.3) is 0 Å². The van der Waals surface area contributed by atoms with E-state index in [1.165, 1.54) is 23.7 Å². The van der Waals surface area contributed by atoms with E-state index in [0.29, 0.717) is 22.3 Å². The Balaban J connectivity index is 1.60. The summed E-state index contributed by atoms with van der Waals surface area (Å²) in [6.07, 6.45) is 4.49. The van der Waals surface area contributed by atoms with Gasteiger partial charge >= 0.3 is 5.97 Å². The Kier molecular flexibility index (Phi) is 4.68. The van der Waals surface area contributed by atoms with Crippen LogP contribution in [0.15, 0.2) is 87.6 Å². The minimum atomic E-state index is -0.494. The summed E-state index contributed by atoms with van der Waals surface area (Å²) in [6, 6.07) is 17.9. The van der Waals surface area contributed by atoms with E-state index in [-0.39, 0.29) is 5.43 Å². The monoisotopic (exact) mass is 374 g/mol. The summed E-state index contributed by atoms with van der Waals surface area (Å²) in [5.74, 6) is -0.176. The van der Waals surface area contributed by atoms with Crippen LogP contribution in [0.1, 0.15) is 4.88 Å². The van der Waals surface area contributed by atoms with E-state index < -0.39 is 5.97 Å². The van der Waals surface area contributed by atoms with Crippen molar-refractivity contribution in [3.8, 4) is 16.9 Å². The first-order valence-electron chi connectivity index (χ1n) is 8.25. The van der Waals surface area contributed by atoms with E-state index in [2.05, 4.69) is 0 Å². The predicted octanol–water partition coefficient (Wildman–Crippen LogP) is 5.14. The summed E-state index contributed by atoms with van der Waals surface area (Å²) in [5, 5.41) is 2.37. The molecule has 4 rings (SSSR count). The predicted molar refractivity (Wildman–Crippen MR) is 107 cm³/mol. The van der Waals surface area contributed by atoms with Gasteiger partial charge in [-0.2, -0.15) is 0 Å². The van der Waals surface area contributed by atoms with Gasteiger partial charge in [0.15, 0.2) is 5.43 Å². The molecule has 0 aliphatic heterocycles. The zero-order valence-corrected chi connectivity index (χ0v) is 14.9. The molecule has 27 heavy (non-hydrogen) atoms. The van der Waals surface area contributed by atoms with Crippen molar-refractivity contribution in [2.75, 3.05) is 0 Å². The van der Waals surface area contributed by atoms with Crippen LogP contribution in [-0.4, -0.2) is 5.97 Å². The first-order valence-corrected chi connectivity index (χ1v) is 9.13. The summed E-state index contributed by atoms with van der Waals surface area (Å²) in [7, 11) is 0. The number of rotatable bonds is 4. The average Bonchev–Trinajstić information content (AvgIpc) is 3.21. The van der Waals surface area contributed by atoms with Gasteiger partial charge in [-0.25, -0.2) is 4.79 Å². The van der Waals surface area contributed by atoms with E-state index in [0.717, 1.165) is 10.4 Å². The van der Waals surface area contributed by atoms with Crippen LogP contribution in [0.4, 0.5) is 0 Å². The van der Waals surface area contributed by atoms with Gasteiger partial charge in [0, 0.05) is 17.0 Å². The van der Waals surface area contributed by atoms with Gasteiger partial charge in [-0.1, -0.05) is 36.4 Å². The number of fused-ring (bicyclic) bond motifs is 1. The smallest absolute Gasteiger partial charge is 0.336 e. The maximum absolute atomic E-state index is 12.7. The second-order valence-electron chi connectivity index (χ2n) is 5.77. The molecule has 0 amide bonds. The van der Waals surface area contributed by atoms with E-state index in [9.17, 15) is 9.59 Å². The van der Waals surface area contributed by atoms with Crippen LogP contribution in [-0.2, 0) is 4.79 Å². The molecule has 0 radical (unpaired) electrons. The Morgan fingerprint density at radius 3 is 2.67 bits per heavy atom. The zero-order valence-electron chi connectivity index (χ0n) is 14.1. The normalized spacial score (nSPS) is 11.1. The summed E-state index contributed by atoms with van der Waals surface area (Å²) in [5.41, 5.74) is 1.53. The number of hydrogen-bond donors (Lipinski definition) is 0. The fourth-order valence-electron chi connectivity index (χ4n) is 2.68. The standard InChI is InChI=1S/C22H14O4S/c23-21(11-9-17-7-4-12-27-17)26-16-8-10-18-20(13-16)25-14-19(22(18)24)15-5-2-1-3-6-15/h1-14H/b11-9+. The van der Waals surface area contributed by atoms with Crippen molar-refractivity contribution >= 4 is 34.4 Å². The lowest BCUT2D eigenvalue weighted by atomic mass is 10.1. The highest BCUT2D eigenvalue weighted by Crippen LogP contribution is 2.23. The molecule has 5 heteroatoms. The Hall–Kier alpha value is -3.44. The molecule has 2 heterocycles. The second-order valence-corrected chi connectivity index (χ2v) is 6.75. The van der Waals surface area contributed by atoms with Crippen LogP contribution in [0.2, 0.25) is 0 Å². The quantitative estimate of drug-likeness (QED) is 0.282. The number of esters is 1. The second kappa shape index (κ2) is 7.43. The van der Waals surface area contributed by atoms with Crippen molar-refractivity contribution in [1.82, 2.24) is 0 Å². The zero-order chi connectivity index (χ0) is 18.6. The summed E-state index contributed by atoms with van der Waals surface area (Å²) in [4.78, 5) is 25.6. The molecule has 2 aromatic heterocycles. The topological polar surface area (TPSA) is 56.5 Å². The number of carbonyl (C=O) groups is 1. The molecule has 0 fully saturated rings. The fraction of sp³-hybridized carbons (Fsp3) is 0. The van der Waals surface area contributed by atoms with Gasteiger partial charge < -0.3 is 9.15 Å². The number of hydrogen-bond acceptors (Lipinski definition) is 5. The molecule has 0 saturated heterocycles. The average molecular weight is 374 g/mol. The summed E-state index contributed by atoms with van der Waals surface area (Å²) < 4.78 is 10.9. The Morgan fingerprint density at radius 1 is 1.04 bits per heavy atom. The Labute approximate surface area is 159 Å². The third-order valence-electron chi connectivity index (χ3n) is 3.98. The molecule has 0 aliphatic rings. The molecule has 2 aromatic carbocycles. The molecule has 4 aromatic rings. The number of carbonyl (C=O) groups excluding carboxylic acids is 1. The van der Waals surface area contributed by atoms with Crippen LogP contribution in [0, 0.1) is 0 Å². The lowest BCUT2D eigenvalue weighted by molar-refractivity contribution is -0.128. The number of benzene rings is 2. The SMILES string of the molecule is O=C(/C=C/c1cccs1)Oc1ccc2c(=O)c(-c3ccccc3)coc2c1. The van der Waals surface area contributed by atoms with Crippen LogP contribution >= 0.6 is 11.3 Å². The highest BCUT2D eigenvalue weighted by atomic mass is 32.1. The van der Waals surface area contributed by atoms with Crippen LogP contribution < -0.4 is 10.2 Å². The van der Waals surface area contributed by atoms with Gasteiger partial charge in [0.1, 0.15) is 17.6 Å². The first-order chi connectivity index (χ1) is 13.2. The van der Waals surface area contributed by atoms with E-state index in [1.807, 2.05) is 47.8 Å². The molecule has 0 spiro atoms. The molecular weight excluding hydrogens is 360 g/mol. The molecule has 132 valence electrons. The van der Waals surface area contributed by atoms with Gasteiger partial charge in [0.05, 0.1) is 10.9 Å². The van der Waals surface area contributed by atoms with E-state index in [1.54, 1.807) is 24.3 Å². The third kappa shape index (κ3) is 3.73. The van der Waals surface area contributed by atoms with Gasteiger partial charge in [0.2, 0.25) is 0 Å². The third-order valence-corrected chi connectivity index (χ3v) is 4.81. The summed E-state index contributed by atoms with van der Waals surface area (Å²) >= 11 is 1.53. The van der Waals surface area contributed by atoms with Crippen LogP contribution in [0.25, 0.3) is 28.2 Å². The van der Waals surface area contributed by atoms with Gasteiger partial charge in [-0.05, 0) is 35.2 Å². The number of thiophene rings is 1. The first kappa shape index (κ1) is 17.0. The van der Waals surface area contributed by atoms with Crippen molar-refractivity contribution in [1.29, 1.82) is 0 Å². The lowest BCUT2D eigenvalue weighted by Crippen LogP contribution is -2.06. The van der Waals surface area contributed by atoms with Gasteiger partial charge in [-0.15, -0.1) is 11.3 Å². The molecule has 0 unspecified atom stereocenters. The van der Waals surface area contributed by atoms with E-state index in [4.69, 9.17) is 9.15 Å². The maximum atomic E-state index is 12.7. The Morgan fingerprint density at radius 2 is 1.89 bits per heavy atom. The maximum Gasteiger partial charge on any atom is 0.336 e. The minimum Gasteiger partial charge on any atom is -0.463 e. The Bertz CT molecular complexity index is 1170. The summed E-state index contributed by atoms with van der Waals surface area (Å²) in [6.45, 7) is 0. The molecule has 4 nitrogen and oxygen atoms in total. The highest BCUT2D eigenvalue weighted by molar-refractivity contribution is 7.10. The van der Waals surface area contributed by atoms with Crippen LogP contribution in [0.3, 0.4) is 0 Å². The van der Waals surface area contributed by atoms with Crippen molar-refractivity contribution in [3.05, 3.63) is 93.5 Å². The molecular formula is C22H14O4S. The molecule has 0 aliphatic carbocycles. The molecule has 0 bridgehead atoms. The van der Waals surface area contributed by atoms with Crippen LogP contribution in [0.5, 0.6) is 5.75 Å². The van der Waals surface area contributed by atoms with Crippen molar-refractivity contribution in [2.24, 2.45) is 0 Å². The highest BCUT2D eigenvalue weighted by Gasteiger charge is 2.10. The van der Waals surface area contributed by atoms with E-state index >= 15 is 0 Å².